The van der Waals surface area contributed by atoms with Crippen LogP contribution in [0.4, 0.5) is 8.78 Å². The van der Waals surface area contributed by atoms with Crippen LogP contribution in [-0.4, -0.2) is 48.7 Å². The number of sulfonamides is 1. The monoisotopic (exact) mass is 414 g/mol. The van der Waals surface area contributed by atoms with Gasteiger partial charge < -0.3 is 4.90 Å². The van der Waals surface area contributed by atoms with Crippen LogP contribution in [0, 0.1) is 17.6 Å². The van der Waals surface area contributed by atoms with Gasteiger partial charge in [-0.2, -0.15) is 4.31 Å². The zero-order valence-corrected chi connectivity index (χ0v) is 17.2. The Kier molecular flexibility index (Phi) is 6.39. The molecule has 0 aromatic heterocycles. The minimum atomic E-state index is -3.90. The SMILES string of the molecule is CC(C)N(C(=O)C1CCN(S(=O)(=O)c2ccc(F)c(F)c2)CC1)C1CCCC1. The summed E-state index contributed by atoms with van der Waals surface area (Å²) in [6.45, 7) is 4.46. The first-order valence-electron chi connectivity index (χ1n) is 9.99. The summed E-state index contributed by atoms with van der Waals surface area (Å²) in [5.74, 6) is -2.34. The molecule has 1 aliphatic heterocycles. The Labute approximate surface area is 165 Å². The summed E-state index contributed by atoms with van der Waals surface area (Å²) in [5, 5.41) is 0. The highest BCUT2D eigenvalue weighted by molar-refractivity contribution is 7.89. The Morgan fingerprint density at radius 2 is 1.68 bits per heavy atom. The van der Waals surface area contributed by atoms with Gasteiger partial charge in [-0.15, -0.1) is 0 Å². The van der Waals surface area contributed by atoms with Crippen LogP contribution in [0.15, 0.2) is 23.1 Å². The van der Waals surface area contributed by atoms with E-state index in [0.29, 0.717) is 18.9 Å². The molecule has 0 N–H and O–H groups in total. The average molecular weight is 415 g/mol. The van der Waals surface area contributed by atoms with Gasteiger partial charge in [0.05, 0.1) is 4.90 Å². The molecule has 1 aromatic carbocycles. The highest BCUT2D eigenvalue weighted by Gasteiger charge is 2.37. The molecule has 1 saturated heterocycles. The molecule has 1 heterocycles. The molecular formula is C20H28F2N2O3S. The largest absolute Gasteiger partial charge is 0.337 e. The van der Waals surface area contributed by atoms with Gasteiger partial charge >= 0.3 is 0 Å². The van der Waals surface area contributed by atoms with Crippen molar-refractivity contribution in [2.75, 3.05) is 13.1 Å². The number of hydrogen-bond donors (Lipinski definition) is 0. The lowest BCUT2D eigenvalue weighted by Gasteiger charge is -2.38. The molecule has 1 saturated carbocycles. The third kappa shape index (κ3) is 4.22. The van der Waals surface area contributed by atoms with Crippen molar-refractivity contribution in [1.29, 1.82) is 0 Å². The summed E-state index contributed by atoms with van der Waals surface area (Å²) in [6.07, 6.45) is 5.24. The number of hydrogen-bond acceptors (Lipinski definition) is 3. The van der Waals surface area contributed by atoms with Crippen LogP contribution in [0.3, 0.4) is 0 Å². The number of carbonyl (C=O) groups is 1. The van der Waals surface area contributed by atoms with Crippen molar-refractivity contribution >= 4 is 15.9 Å². The molecule has 2 fully saturated rings. The average Bonchev–Trinajstić information content (AvgIpc) is 3.17. The van der Waals surface area contributed by atoms with Crippen LogP contribution in [-0.2, 0) is 14.8 Å². The minimum absolute atomic E-state index is 0.117. The maximum absolute atomic E-state index is 13.4. The van der Waals surface area contributed by atoms with E-state index in [1.165, 1.54) is 4.31 Å². The molecule has 1 aliphatic carbocycles. The molecule has 1 aromatic rings. The van der Waals surface area contributed by atoms with E-state index < -0.39 is 21.7 Å². The zero-order valence-electron chi connectivity index (χ0n) is 16.4. The molecule has 8 heteroatoms. The van der Waals surface area contributed by atoms with E-state index in [9.17, 15) is 22.0 Å². The van der Waals surface area contributed by atoms with E-state index in [-0.39, 0.29) is 41.9 Å². The number of piperidine rings is 1. The summed E-state index contributed by atoms with van der Waals surface area (Å²) < 4.78 is 53.3. The van der Waals surface area contributed by atoms with Crippen molar-refractivity contribution in [3.05, 3.63) is 29.8 Å². The first-order valence-corrected chi connectivity index (χ1v) is 11.4. The highest BCUT2D eigenvalue weighted by atomic mass is 32.2. The van der Waals surface area contributed by atoms with Gasteiger partial charge in [0.15, 0.2) is 11.6 Å². The van der Waals surface area contributed by atoms with Crippen LogP contribution in [0.1, 0.15) is 52.4 Å². The highest BCUT2D eigenvalue weighted by Crippen LogP contribution is 2.30. The van der Waals surface area contributed by atoms with Gasteiger partial charge in [0.2, 0.25) is 15.9 Å². The van der Waals surface area contributed by atoms with Gasteiger partial charge in [0.25, 0.3) is 0 Å². The first-order chi connectivity index (χ1) is 13.2. The second-order valence-electron chi connectivity index (χ2n) is 8.03. The van der Waals surface area contributed by atoms with E-state index in [1.54, 1.807) is 0 Å². The van der Waals surface area contributed by atoms with E-state index in [1.807, 2.05) is 18.7 Å². The molecule has 3 rings (SSSR count). The van der Waals surface area contributed by atoms with Crippen molar-refractivity contribution in [1.82, 2.24) is 9.21 Å². The molecule has 5 nitrogen and oxygen atoms in total. The smallest absolute Gasteiger partial charge is 0.243 e. The van der Waals surface area contributed by atoms with Crippen LogP contribution in [0.2, 0.25) is 0 Å². The lowest BCUT2D eigenvalue weighted by Crippen LogP contribution is -2.49. The van der Waals surface area contributed by atoms with Crippen molar-refractivity contribution in [3.63, 3.8) is 0 Å². The van der Waals surface area contributed by atoms with Crippen LogP contribution in [0.5, 0.6) is 0 Å². The van der Waals surface area contributed by atoms with Gasteiger partial charge in [0.1, 0.15) is 0 Å². The van der Waals surface area contributed by atoms with Crippen LogP contribution >= 0.6 is 0 Å². The molecule has 0 radical (unpaired) electrons. The summed E-state index contributed by atoms with van der Waals surface area (Å²) >= 11 is 0. The van der Waals surface area contributed by atoms with Gasteiger partial charge in [-0.05, 0) is 57.7 Å². The molecule has 156 valence electrons. The summed E-state index contributed by atoms with van der Waals surface area (Å²) in [6, 6.07) is 3.02. The van der Waals surface area contributed by atoms with Gasteiger partial charge in [0, 0.05) is 31.1 Å². The lowest BCUT2D eigenvalue weighted by atomic mass is 9.95. The Balaban J connectivity index is 1.67. The Hall–Kier alpha value is -1.54. The lowest BCUT2D eigenvalue weighted by molar-refractivity contribution is -0.141. The van der Waals surface area contributed by atoms with Crippen molar-refractivity contribution in [2.24, 2.45) is 5.92 Å². The standard InChI is InChI=1S/C20H28F2N2O3S/c1-14(2)24(16-5-3-4-6-16)20(25)15-9-11-23(12-10-15)28(26,27)17-7-8-18(21)19(22)13-17/h7-8,13-16H,3-6,9-12H2,1-2H3. The molecule has 28 heavy (non-hydrogen) atoms. The number of rotatable bonds is 5. The van der Waals surface area contributed by atoms with Crippen LogP contribution < -0.4 is 0 Å². The number of carbonyl (C=O) groups excluding carboxylic acids is 1. The van der Waals surface area contributed by atoms with Crippen molar-refractivity contribution in [3.8, 4) is 0 Å². The van der Waals surface area contributed by atoms with Crippen LogP contribution in [0.25, 0.3) is 0 Å². The van der Waals surface area contributed by atoms with Gasteiger partial charge in [-0.25, -0.2) is 17.2 Å². The second-order valence-corrected chi connectivity index (χ2v) is 9.97. The molecule has 1 amide bonds. The molecule has 0 bridgehead atoms. The topological polar surface area (TPSA) is 57.7 Å². The number of halogens is 2. The molecule has 0 atom stereocenters. The van der Waals surface area contributed by atoms with E-state index in [4.69, 9.17) is 0 Å². The number of benzene rings is 1. The van der Waals surface area contributed by atoms with E-state index in [0.717, 1.165) is 37.8 Å². The fourth-order valence-corrected chi connectivity index (χ4v) is 5.86. The zero-order chi connectivity index (χ0) is 20.5. The van der Waals surface area contributed by atoms with Crippen molar-refractivity contribution < 1.29 is 22.0 Å². The summed E-state index contributed by atoms with van der Waals surface area (Å²) in [7, 11) is -3.90. The Morgan fingerprint density at radius 1 is 1.07 bits per heavy atom. The molecular weight excluding hydrogens is 386 g/mol. The fourth-order valence-electron chi connectivity index (χ4n) is 4.38. The maximum atomic E-state index is 13.4. The van der Waals surface area contributed by atoms with Gasteiger partial charge in [-0.1, -0.05) is 12.8 Å². The predicted octanol–water partition coefficient (Wildman–Crippen LogP) is 3.55. The summed E-state index contributed by atoms with van der Waals surface area (Å²) in [4.78, 5) is 14.8. The normalized spacial score (nSPS) is 20.0. The second kappa shape index (κ2) is 8.45. The first kappa shape index (κ1) is 21.2. The maximum Gasteiger partial charge on any atom is 0.243 e. The number of amides is 1. The molecule has 0 unspecified atom stereocenters. The molecule has 2 aliphatic rings. The Morgan fingerprint density at radius 3 is 2.21 bits per heavy atom. The molecule has 0 spiro atoms. The summed E-state index contributed by atoms with van der Waals surface area (Å²) in [5.41, 5.74) is 0. The fraction of sp³-hybridized carbons (Fsp3) is 0.650. The van der Waals surface area contributed by atoms with Gasteiger partial charge in [-0.3, -0.25) is 4.79 Å². The Bertz CT molecular complexity index is 815. The van der Waals surface area contributed by atoms with Crippen molar-refractivity contribution in [2.45, 2.75) is 69.4 Å². The number of nitrogens with zero attached hydrogens (tertiary/aromatic N) is 2. The third-order valence-electron chi connectivity index (χ3n) is 5.86. The minimum Gasteiger partial charge on any atom is -0.337 e. The quantitative estimate of drug-likeness (QED) is 0.740. The van der Waals surface area contributed by atoms with E-state index in [2.05, 4.69) is 0 Å². The third-order valence-corrected chi connectivity index (χ3v) is 7.76. The van der Waals surface area contributed by atoms with E-state index >= 15 is 0 Å². The predicted molar refractivity (Wildman–Crippen MR) is 102 cm³/mol.